The second kappa shape index (κ2) is 57.7. The molecule has 6 nitrogen and oxygen atoms in total. The van der Waals surface area contributed by atoms with Crippen LogP contribution in [0.25, 0.3) is 0 Å². The molecule has 0 aromatic heterocycles. The van der Waals surface area contributed by atoms with E-state index >= 15 is 0 Å². The van der Waals surface area contributed by atoms with Gasteiger partial charge in [0.05, 0.1) is 0 Å². The largest absolute Gasteiger partial charge is 0.462 e. The van der Waals surface area contributed by atoms with Crippen LogP contribution in [-0.2, 0) is 28.6 Å². The Kier molecular flexibility index (Phi) is 55.3. The van der Waals surface area contributed by atoms with Crippen LogP contribution < -0.4 is 0 Å². The van der Waals surface area contributed by atoms with Gasteiger partial charge in [-0.2, -0.15) is 0 Å². The lowest BCUT2D eigenvalue weighted by Gasteiger charge is -2.18. The van der Waals surface area contributed by atoms with Crippen molar-refractivity contribution in [3.63, 3.8) is 0 Å². The van der Waals surface area contributed by atoms with Crippen LogP contribution in [0.5, 0.6) is 0 Å². The van der Waals surface area contributed by atoms with Crippen molar-refractivity contribution < 1.29 is 28.6 Å². The maximum atomic E-state index is 12.7. The fourth-order valence-corrected chi connectivity index (χ4v) is 8.59. The van der Waals surface area contributed by atoms with E-state index in [0.717, 1.165) is 96.3 Å². The quantitative estimate of drug-likeness (QED) is 0.0262. The van der Waals surface area contributed by atoms with Gasteiger partial charge in [0.25, 0.3) is 0 Å². The first-order valence-electron chi connectivity index (χ1n) is 29.8. The molecule has 0 N–H and O–H groups in total. The number of hydrogen-bond donors (Lipinski definition) is 0. The Morgan fingerprint density at radius 3 is 0.884 bits per heavy atom. The third-order valence-electron chi connectivity index (χ3n) is 13.0. The van der Waals surface area contributed by atoms with Crippen molar-refractivity contribution in [1.29, 1.82) is 0 Å². The summed E-state index contributed by atoms with van der Waals surface area (Å²) >= 11 is 0. The molecule has 1 atom stereocenters. The number of allylic oxidation sites excluding steroid dienone is 10. The first kappa shape index (κ1) is 66.1. The van der Waals surface area contributed by atoms with Crippen LogP contribution in [0.1, 0.15) is 303 Å². The van der Waals surface area contributed by atoms with Gasteiger partial charge in [0.2, 0.25) is 0 Å². The van der Waals surface area contributed by atoms with Crippen LogP contribution >= 0.6 is 0 Å². The van der Waals surface area contributed by atoms with E-state index in [0.29, 0.717) is 19.3 Å². The minimum Gasteiger partial charge on any atom is -0.462 e. The zero-order valence-electron chi connectivity index (χ0n) is 45.8. The first-order valence-corrected chi connectivity index (χ1v) is 29.8. The smallest absolute Gasteiger partial charge is 0.306 e. The van der Waals surface area contributed by atoms with E-state index in [1.165, 1.54) is 167 Å². The summed E-state index contributed by atoms with van der Waals surface area (Å²) in [5.41, 5.74) is 0. The number of hydrogen-bond acceptors (Lipinski definition) is 6. The maximum absolute atomic E-state index is 12.7. The molecule has 0 saturated carbocycles. The summed E-state index contributed by atoms with van der Waals surface area (Å²) < 4.78 is 16.7. The number of esters is 3. The molecule has 0 spiro atoms. The number of rotatable bonds is 54. The van der Waals surface area contributed by atoms with Gasteiger partial charge in [0.1, 0.15) is 13.2 Å². The van der Waals surface area contributed by atoms with Crippen LogP contribution in [0.4, 0.5) is 0 Å². The summed E-state index contributed by atoms with van der Waals surface area (Å²) in [5.74, 6) is -0.870. The van der Waals surface area contributed by atoms with Crippen molar-refractivity contribution >= 4 is 17.9 Å². The van der Waals surface area contributed by atoms with E-state index < -0.39 is 6.10 Å². The summed E-state index contributed by atoms with van der Waals surface area (Å²) in [4.78, 5) is 37.7. The van der Waals surface area contributed by atoms with E-state index in [2.05, 4.69) is 81.5 Å². The molecule has 0 aliphatic heterocycles. The molecule has 400 valence electrons. The SMILES string of the molecule is CC/C=C\C/C=C\C/C=C\C/C=C\C/C=C\CCCCCCCCCCCCCCCCCCCC(=O)OCC(COC(=O)CCCCCCC)OC(=O)CCCCCCCCCCCCCCC. The second-order valence-corrected chi connectivity index (χ2v) is 19.9. The monoisotopic (exact) mass is 965 g/mol. The van der Waals surface area contributed by atoms with Gasteiger partial charge in [-0.05, 0) is 64.2 Å². The van der Waals surface area contributed by atoms with Crippen LogP contribution in [0, 0.1) is 0 Å². The molecule has 0 fully saturated rings. The Labute approximate surface area is 428 Å². The predicted octanol–water partition coefficient (Wildman–Crippen LogP) is 20.0. The highest BCUT2D eigenvalue weighted by Gasteiger charge is 2.19. The molecule has 0 radical (unpaired) electrons. The fourth-order valence-electron chi connectivity index (χ4n) is 8.59. The average molecular weight is 966 g/mol. The Balaban J connectivity index is 3.90. The minimum atomic E-state index is -0.764. The molecule has 0 rings (SSSR count). The lowest BCUT2D eigenvalue weighted by Crippen LogP contribution is -2.30. The molecular weight excluding hydrogens is 853 g/mol. The summed E-state index contributed by atoms with van der Waals surface area (Å²) in [5, 5.41) is 0. The average Bonchev–Trinajstić information content (AvgIpc) is 3.35. The molecule has 0 aliphatic rings. The van der Waals surface area contributed by atoms with Crippen molar-refractivity contribution in [3.05, 3.63) is 60.8 Å². The van der Waals surface area contributed by atoms with Crippen molar-refractivity contribution in [2.45, 2.75) is 309 Å². The molecule has 0 aromatic rings. The third kappa shape index (κ3) is 55.9. The van der Waals surface area contributed by atoms with Crippen molar-refractivity contribution in [1.82, 2.24) is 0 Å². The Morgan fingerprint density at radius 2 is 0.565 bits per heavy atom. The number of ether oxygens (including phenoxy) is 3. The normalized spacial score (nSPS) is 12.4. The highest BCUT2D eigenvalue weighted by molar-refractivity contribution is 5.71. The van der Waals surface area contributed by atoms with E-state index in [9.17, 15) is 14.4 Å². The second-order valence-electron chi connectivity index (χ2n) is 19.9. The molecule has 0 bridgehead atoms. The van der Waals surface area contributed by atoms with Gasteiger partial charge in [-0.1, -0.05) is 281 Å². The maximum Gasteiger partial charge on any atom is 0.306 e. The Morgan fingerprint density at radius 1 is 0.304 bits per heavy atom. The molecule has 0 heterocycles. The summed E-state index contributed by atoms with van der Waals surface area (Å²) in [6.07, 6.45) is 72.8. The molecule has 69 heavy (non-hydrogen) atoms. The highest BCUT2D eigenvalue weighted by Crippen LogP contribution is 2.17. The highest BCUT2D eigenvalue weighted by atomic mass is 16.6. The zero-order chi connectivity index (χ0) is 50.0. The summed E-state index contributed by atoms with van der Waals surface area (Å²) in [6.45, 7) is 6.47. The van der Waals surface area contributed by atoms with Crippen LogP contribution in [0.15, 0.2) is 60.8 Å². The molecule has 0 aromatic carbocycles. The van der Waals surface area contributed by atoms with Gasteiger partial charge >= 0.3 is 17.9 Å². The molecular formula is C63H112O6. The van der Waals surface area contributed by atoms with Gasteiger partial charge in [0.15, 0.2) is 6.10 Å². The van der Waals surface area contributed by atoms with Gasteiger partial charge in [-0.3, -0.25) is 14.4 Å². The minimum absolute atomic E-state index is 0.0690. The molecule has 0 amide bonds. The fraction of sp³-hybridized carbons (Fsp3) is 0.794. The molecule has 1 unspecified atom stereocenters. The van der Waals surface area contributed by atoms with Crippen LogP contribution in [0.3, 0.4) is 0 Å². The van der Waals surface area contributed by atoms with Crippen molar-refractivity contribution in [2.24, 2.45) is 0 Å². The van der Waals surface area contributed by atoms with Crippen LogP contribution in [0.2, 0.25) is 0 Å². The van der Waals surface area contributed by atoms with Crippen molar-refractivity contribution in [3.8, 4) is 0 Å². The lowest BCUT2D eigenvalue weighted by molar-refractivity contribution is -0.167. The van der Waals surface area contributed by atoms with Gasteiger partial charge in [0, 0.05) is 19.3 Å². The van der Waals surface area contributed by atoms with E-state index in [4.69, 9.17) is 14.2 Å². The lowest BCUT2D eigenvalue weighted by atomic mass is 10.0. The van der Waals surface area contributed by atoms with E-state index in [1.807, 2.05) is 0 Å². The standard InChI is InChI=1S/C63H112O6/c1-4-7-10-13-15-17-19-21-22-23-24-25-26-27-28-29-30-31-32-33-34-35-36-37-38-39-40-42-43-45-47-50-53-56-62(65)68-59-60(58-67-61(64)55-52-49-12-9-6-3)69-63(66)57-54-51-48-46-44-41-20-18-16-14-11-8-5-2/h7,10,15,17,21-22,24-25,27-28,60H,4-6,8-9,11-14,16,18-20,23,26,29-59H2,1-3H3/b10-7-,17-15-,22-21-,25-24-,28-27-. The van der Waals surface area contributed by atoms with Crippen LogP contribution in [-0.4, -0.2) is 37.2 Å². The zero-order valence-corrected chi connectivity index (χ0v) is 45.8. The summed E-state index contributed by atoms with van der Waals surface area (Å²) in [6, 6.07) is 0. The molecule has 0 aliphatic carbocycles. The molecule has 0 saturated heterocycles. The third-order valence-corrected chi connectivity index (χ3v) is 13.0. The first-order chi connectivity index (χ1) is 34.0. The number of carbonyl (C=O) groups is 3. The van der Waals surface area contributed by atoms with E-state index in [1.54, 1.807) is 0 Å². The topological polar surface area (TPSA) is 78.9 Å². The summed E-state index contributed by atoms with van der Waals surface area (Å²) in [7, 11) is 0. The Hall–Kier alpha value is -2.89. The predicted molar refractivity (Wildman–Crippen MR) is 298 cm³/mol. The molecule has 6 heteroatoms. The number of carbonyl (C=O) groups excluding carboxylic acids is 3. The Bertz CT molecular complexity index is 1250. The van der Waals surface area contributed by atoms with Gasteiger partial charge < -0.3 is 14.2 Å². The number of unbranched alkanes of at least 4 members (excludes halogenated alkanes) is 33. The van der Waals surface area contributed by atoms with Gasteiger partial charge in [-0.15, -0.1) is 0 Å². The van der Waals surface area contributed by atoms with E-state index in [-0.39, 0.29) is 31.1 Å². The van der Waals surface area contributed by atoms with Crippen molar-refractivity contribution in [2.75, 3.05) is 13.2 Å². The van der Waals surface area contributed by atoms with Gasteiger partial charge in [-0.25, -0.2) is 0 Å².